The van der Waals surface area contributed by atoms with Gasteiger partial charge in [0.2, 0.25) is 5.91 Å². The lowest BCUT2D eigenvalue weighted by molar-refractivity contribution is -0.122. The summed E-state index contributed by atoms with van der Waals surface area (Å²) in [6.45, 7) is 3.36. The van der Waals surface area contributed by atoms with Crippen molar-refractivity contribution in [3.05, 3.63) is 18.2 Å². The molecule has 3 rings (SSSR count). The predicted molar refractivity (Wildman–Crippen MR) is 73.9 cm³/mol. The quantitative estimate of drug-likeness (QED) is 0.758. The highest BCUT2D eigenvalue weighted by atomic mass is 32.1. The highest BCUT2D eigenvalue weighted by Crippen LogP contribution is 2.31. The first-order chi connectivity index (χ1) is 8.65. The summed E-state index contributed by atoms with van der Waals surface area (Å²) in [5, 5.41) is 3.74. The highest BCUT2D eigenvalue weighted by Gasteiger charge is 2.27. The maximum Gasteiger partial charge on any atom is 0.242 e. The first kappa shape index (κ1) is 11.3. The molecule has 1 fully saturated rings. The molecule has 1 saturated heterocycles. The van der Waals surface area contributed by atoms with E-state index >= 15 is 0 Å². The van der Waals surface area contributed by atoms with Gasteiger partial charge in [0.25, 0.3) is 0 Å². The number of aromatic nitrogens is 1. The molecule has 0 radical (unpaired) electrons. The summed E-state index contributed by atoms with van der Waals surface area (Å²) in [4.78, 5) is 18.3. The van der Waals surface area contributed by atoms with E-state index in [4.69, 9.17) is 5.73 Å². The molecular formula is C12H14N4OS. The Labute approximate surface area is 109 Å². The van der Waals surface area contributed by atoms with Gasteiger partial charge in [-0.1, -0.05) is 11.3 Å². The molecule has 1 unspecified atom stereocenters. The molecule has 6 heteroatoms. The second-order valence-electron chi connectivity index (χ2n) is 4.38. The van der Waals surface area contributed by atoms with Crippen LogP contribution in [0.1, 0.15) is 6.92 Å². The Balaban J connectivity index is 2.01. The molecule has 0 spiro atoms. The van der Waals surface area contributed by atoms with E-state index in [1.807, 2.05) is 30.0 Å². The van der Waals surface area contributed by atoms with Crippen molar-refractivity contribution in [1.82, 2.24) is 10.3 Å². The third-order valence-corrected chi connectivity index (χ3v) is 4.20. The van der Waals surface area contributed by atoms with Crippen molar-refractivity contribution >= 4 is 38.3 Å². The number of fused-ring (bicyclic) bond motifs is 1. The van der Waals surface area contributed by atoms with Gasteiger partial charge in [-0.05, 0) is 25.1 Å². The fraction of sp³-hybridized carbons (Fsp3) is 0.333. The molecular weight excluding hydrogens is 248 g/mol. The van der Waals surface area contributed by atoms with Crippen LogP contribution in [0.4, 0.5) is 10.8 Å². The smallest absolute Gasteiger partial charge is 0.242 e. The van der Waals surface area contributed by atoms with Gasteiger partial charge >= 0.3 is 0 Å². The van der Waals surface area contributed by atoms with Gasteiger partial charge in [-0.25, -0.2) is 4.98 Å². The lowest BCUT2D eigenvalue weighted by Crippen LogP contribution is -2.54. The molecule has 0 bridgehead atoms. The Hall–Kier alpha value is -1.82. The van der Waals surface area contributed by atoms with Crippen molar-refractivity contribution < 1.29 is 4.79 Å². The van der Waals surface area contributed by atoms with Crippen LogP contribution in [0.15, 0.2) is 18.2 Å². The number of nitrogen functional groups attached to an aromatic ring is 1. The van der Waals surface area contributed by atoms with Crippen LogP contribution in [0.2, 0.25) is 0 Å². The van der Waals surface area contributed by atoms with Crippen molar-refractivity contribution in [3.8, 4) is 0 Å². The van der Waals surface area contributed by atoms with E-state index in [1.54, 1.807) is 11.3 Å². The Morgan fingerprint density at radius 2 is 2.39 bits per heavy atom. The minimum absolute atomic E-state index is 0.0556. The number of nitrogens with one attached hydrogen (secondary N) is 1. The predicted octanol–water partition coefficient (Wildman–Crippen LogP) is 1.20. The Morgan fingerprint density at radius 3 is 3.22 bits per heavy atom. The van der Waals surface area contributed by atoms with Gasteiger partial charge < -0.3 is 16.0 Å². The first-order valence-electron chi connectivity index (χ1n) is 5.85. The number of anilines is 2. The summed E-state index contributed by atoms with van der Waals surface area (Å²) < 4.78 is 1.06. The maximum absolute atomic E-state index is 11.7. The van der Waals surface area contributed by atoms with Crippen molar-refractivity contribution in [2.75, 3.05) is 23.7 Å². The molecule has 5 nitrogen and oxygen atoms in total. The van der Waals surface area contributed by atoms with Crippen LogP contribution < -0.4 is 16.0 Å². The van der Waals surface area contributed by atoms with Gasteiger partial charge in [-0.2, -0.15) is 0 Å². The third-order valence-electron chi connectivity index (χ3n) is 3.15. The van der Waals surface area contributed by atoms with E-state index in [2.05, 4.69) is 10.3 Å². The maximum atomic E-state index is 11.7. The van der Waals surface area contributed by atoms with Crippen LogP contribution in [0.3, 0.4) is 0 Å². The van der Waals surface area contributed by atoms with Crippen molar-refractivity contribution in [3.63, 3.8) is 0 Å². The Bertz CT molecular complexity index is 609. The van der Waals surface area contributed by atoms with Gasteiger partial charge in [0, 0.05) is 18.8 Å². The fourth-order valence-electron chi connectivity index (χ4n) is 2.10. The lowest BCUT2D eigenvalue weighted by atomic mass is 10.2. The number of benzene rings is 1. The zero-order valence-electron chi connectivity index (χ0n) is 10.0. The molecule has 0 aliphatic carbocycles. The van der Waals surface area contributed by atoms with Gasteiger partial charge in [0.15, 0.2) is 5.13 Å². The van der Waals surface area contributed by atoms with E-state index in [0.717, 1.165) is 27.6 Å². The molecule has 2 heterocycles. The molecule has 0 saturated carbocycles. The standard InChI is InChI=1S/C12H14N4OS/c1-7-11(17)14-4-5-16(7)12-15-9-3-2-8(13)6-10(9)18-12/h2-3,6-7H,4-5,13H2,1H3,(H,14,17). The highest BCUT2D eigenvalue weighted by molar-refractivity contribution is 7.22. The van der Waals surface area contributed by atoms with Gasteiger partial charge in [0.1, 0.15) is 6.04 Å². The summed E-state index contributed by atoms with van der Waals surface area (Å²) in [6.07, 6.45) is 0. The number of carbonyl (C=O) groups excluding carboxylic acids is 1. The van der Waals surface area contributed by atoms with Crippen LogP contribution in [0, 0.1) is 0 Å². The summed E-state index contributed by atoms with van der Waals surface area (Å²) in [6, 6.07) is 5.51. The van der Waals surface area contributed by atoms with Crippen LogP contribution >= 0.6 is 11.3 Å². The molecule has 1 atom stereocenters. The van der Waals surface area contributed by atoms with Crippen molar-refractivity contribution in [2.45, 2.75) is 13.0 Å². The van der Waals surface area contributed by atoms with E-state index < -0.39 is 0 Å². The largest absolute Gasteiger partial charge is 0.399 e. The molecule has 18 heavy (non-hydrogen) atoms. The number of piperazine rings is 1. The number of rotatable bonds is 1. The average Bonchev–Trinajstić information content (AvgIpc) is 2.75. The Kier molecular flexibility index (Phi) is 2.59. The molecule has 1 amide bonds. The Morgan fingerprint density at radius 1 is 1.56 bits per heavy atom. The third kappa shape index (κ3) is 1.78. The topological polar surface area (TPSA) is 71.2 Å². The van der Waals surface area contributed by atoms with Crippen molar-refractivity contribution in [2.24, 2.45) is 0 Å². The molecule has 1 aliphatic rings. The number of carbonyl (C=O) groups is 1. The number of hydrogen-bond donors (Lipinski definition) is 2. The zero-order valence-corrected chi connectivity index (χ0v) is 10.8. The zero-order chi connectivity index (χ0) is 12.7. The molecule has 1 aromatic carbocycles. The van der Waals surface area contributed by atoms with Crippen LogP contribution in [0.25, 0.3) is 10.2 Å². The molecule has 94 valence electrons. The molecule has 3 N–H and O–H groups in total. The van der Waals surface area contributed by atoms with Crippen LogP contribution in [0.5, 0.6) is 0 Å². The number of amides is 1. The van der Waals surface area contributed by atoms with E-state index in [0.29, 0.717) is 6.54 Å². The summed E-state index contributed by atoms with van der Waals surface area (Å²) in [5.41, 5.74) is 7.43. The van der Waals surface area contributed by atoms with Crippen LogP contribution in [-0.4, -0.2) is 30.0 Å². The van der Waals surface area contributed by atoms with Crippen LogP contribution in [-0.2, 0) is 4.79 Å². The van der Waals surface area contributed by atoms with E-state index in [9.17, 15) is 4.79 Å². The number of thiazole rings is 1. The summed E-state index contributed by atoms with van der Waals surface area (Å²) >= 11 is 1.58. The second-order valence-corrected chi connectivity index (χ2v) is 5.39. The summed E-state index contributed by atoms with van der Waals surface area (Å²) in [5.74, 6) is 0.0556. The monoisotopic (exact) mass is 262 g/mol. The average molecular weight is 262 g/mol. The molecule has 1 aromatic heterocycles. The van der Waals surface area contributed by atoms with Crippen molar-refractivity contribution in [1.29, 1.82) is 0 Å². The molecule has 2 aromatic rings. The fourth-order valence-corrected chi connectivity index (χ4v) is 3.22. The van der Waals surface area contributed by atoms with E-state index in [-0.39, 0.29) is 11.9 Å². The summed E-state index contributed by atoms with van der Waals surface area (Å²) in [7, 11) is 0. The SMILES string of the molecule is CC1C(=O)NCCN1c1nc2ccc(N)cc2s1. The number of nitrogens with zero attached hydrogens (tertiary/aromatic N) is 2. The van der Waals surface area contributed by atoms with Gasteiger partial charge in [-0.3, -0.25) is 4.79 Å². The van der Waals surface area contributed by atoms with Gasteiger partial charge in [0.05, 0.1) is 10.2 Å². The lowest BCUT2D eigenvalue weighted by Gasteiger charge is -2.32. The van der Waals surface area contributed by atoms with Gasteiger partial charge in [-0.15, -0.1) is 0 Å². The number of hydrogen-bond acceptors (Lipinski definition) is 5. The number of nitrogens with two attached hydrogens (primary N) is 1. The van der Waals surface area contributed by atoms with E-state index in [1.165, 1.54) is 0 Å². The minimum Gasteiger partial charge on any atom is -0.399 e. The first-order valence-corrected chi connectivity index (χ1v) is 6.67. The molecule has 1 aliphatic heterocycles. The normalized spacial score (nSPS) is 20.2. The second kappa shape index (κ2) is 4.13. The minimum atomic E-state index is -0.170.